The molecule has 0 saturated carbocycles. The van der Waals surface area contributed by atoms with Crippen molar-refractivity contribution in [1.82, 2.24) is 19.8 Å². The molecule has 1 aromatic rings. The minimum absolute atomic E-state index is 0.0319. The maximum Gasteiger partial charge on any atom is 0.272 e. The van der Waals surface area contributed by atoms with Crippen molar-refractivity contribution in [1.29, 1.82) is 0 Å². The number of nitrogens with two attached hydrogens (primary N) is 1. The predicted molar refractivity (Wildman–Crippen MR) is 87.4 cm³/mol. The van der Waals surface area contributed by atoms with Gasteiger partial charge in [-0.15, -0.1) is 0 Å². The monoisotopic (exact) mass is 333 g/mol. The molecule has 3 rings (SSSR count). The quantitative estimate of drug-likeness (QED) is 0.833. The van der Waals surface area contributed by atoms with Crippen LogP contribution in [0.1, 0.15) is 42.4 Å². The van der Waals surface area contributed by atoms with Crippen LogP contribution in [0, 0.1) is 0 Å². The van der Waals surface area contributed by atoms with Gasteiger partial charge in [0.25, 0.3) is 5.91 Å². The molecule has 1 spiro atoms. The molecular formula is C16H23N5O3. The third kappa shape index (κ3) is 3.06. The van der Waals surface area contributed by atoms with E-state index in [-0.39, 0.29) is 30.3 Å². The number of aromatic nitrogens is 2. The summed E-state index contributed by atoms with van der Waals surface area (Å²) in [7, 11) is 1.76. The summed E-state index contributed by atoms with van der Waals surface area (Å²) in [6.07, 6.45) is 0.702. The minimum atomic E-state index is -0.474. The van der Waals surface area contributed by atoms with Crippen LogP contribution < -0.4 is 5.73 Å². The van der Waals surface area contributed by atoms with Crippen LogP contribution in [-0.4, -0.2) is 70.5 Å². The number of hydrogen-bond donors (Lipinski definition) is 1. The molecule has 1 aromatic heterocycles. The van der Waals surface area contributed by atoms with Gasteiger partial charge < -0.3 is 20.3 Å². The Morgan fingerprint density at radius 1 is 1.38 bits per heavy atom. The SMILES string of the molecule is CC(C)c1cc(C(=O)N2CCC3(CN(C)C(=O)CO3)C2)nc(N)n1. The summed E-state index contributed by atoms with van der Waals surface area (Å²) in [6, 6.07) is 1.70. The number of hydrogen-bond acceptors (Lipinski definition) is 6. The lowest BCUT2D eigenvalue weighted by Gasteiger charge is -2.38. The van der Waals surface area contributed by atoms with Gasteiger partial charge in [-0.25, -0.2) is 9.97 Å². The van der Waals surface area contributed by atoms with Crippen molar-refractivity contribution < 1.29 is 14.3 Å². The number of likely N-dealkylation sites (tertiary alicyclic amines) is 1. The second kappa shape index (κ2) is 6.01. The van der Waals surface area contributed by atoms with Crippen LogP contribution in [-0.2, 0) is 9.53 Å². The summed E-state index contributed by atoms with van der Waals surface area (Å²) in [5, 5.41) is 0. The molecule has 3 heterocycles. The van der Waals surface area contributed by atoms with Gasteiger partial charge in [-0.05, 0) is 18.4 Å². The number of anilines is 1. The summed E-state index contributed by atoms with van der Waals surface area (Å²) in [5.41, 5.74) is 6.33. The first kappa shape index (κ1) is 16.6. The summed E-state index contributed by atoms with van der Waals surface area (Å²) < 4.78 is 5.77. The van der Waals surface area contributed by atoms with Gasteiger partial charge in [-0.1, -0.05) is 13.8 Å². The van der Waals surface area contributed by atoms with Crippen molar-refractivity contribution in [2.24, 2.45) is 0 Å². The van der Waals surface area contributed by atoms with Crippen LogP contribution in [0.25, 0.3) is 0 Å². The molecule has 2 saturated heterocycles. The van der Waals surface area contributed by atoms with Crippen molar-refractivity contribution in [3.63, 3.8) is 0 Å². The van der Waals surface area contributed by atoms with Gasteiger partial charge in [0.1, 0.15) is 17.9 Å². The summed E-state index contributed by atoms with van der Waals surface area (Å²) in [5.74, 6) is 0.0624. The van der Waals surface area contributed by atoms with E-state index in [4.69, 9.17) is 10.5 Å². The third-order valence-corrected chi connectivity index (χ3v) is 4.63. The Labute approximate surface area is 141 Å². The molecule has 24 heavy (non-hydrogen) atoms. The lowest BCUT2D eigenvalue weighted by Crippen LogP contribution is -2.54. The third-order valence-electron chi connectivity index (χ3n) is 4.63. The maximum atomic E-state index is 12.8. The smallest absolute Gasteiger partial charge is 0.272 e. The topological polar surface area (TPSA) is 102 Å². The normalized spacial score (nSPS) is 24.2. The Bertz CT molecular complexity index is 678. The number of morpholine rings is 1. The van der Waals surface area contributed by atoms with Crippen LogP contribution in [0.3, 0.4) is 0 Å². The average Bonchev–Trinajstić information content (AvgIpc) is 2.94. The summed E-state index contributed by atoms with van der Waals surface area (Å²) >= 11 is 0. The lowest BCUT2D eigenvalue weighted by atomic mass is 10.0. The molecule has 2 aliphatic rings. The van der Waals surface area contributed by atoms with E-state index in [0.29, 0.717) is 31.7 Å². The van der Waals surface area contributed by atoms with Crippen molar-refractivity contribution in [3.05, 3.63) is 17.5 Å². The lowest BCUT2D eigenvalue weighted by molar-refractivity contribution is -0.158. The van der Waals surface area contributed by atoms with E-state index in [0.717, 1.165) is 5.69 Å². The molecule has 0 radical (unpaired) electrons. The molecule has 8 nitrogen and oxygen atoms in total. The van der Waals surface area contributed by atoms with Crippen LogP contribution in [0.15, 0.2) is 6.07 Å². The van der Waals surface area contributed by atoms with Crippen LogP contribution >= 0.6 is 0 Å². The molecule has 8 heteroatoms. The molecular weight excluding hydrogens is 310 g/mol. The maximum absolute atomic E-state index is 12.8. The van der Waals surface area contributed by atoms with E-state index < -0.39 is 5.60 Å². The van der Waals surface area contributed by atoms with Gasteiger partial charge in [-0.2, -0.15) is 0 Å². The molecule has 1 unspecified atom stereocenters. The van der Waals surface area contributed by atoms with Crippen molar-refractivity contribution in [2.45, 2.75) is 31.8 Å². The summed E-state index contributed by atoms with van der Waals surface area (Å²) in [4.78, 5) is 36.0. The van der Waals surface area contributed by atoms with Crippen LogP contribution in [0.2, 0.25) is 0 Å². The zero-order valence-electron chi connectivity index (χ0n) is 14.3. The Morgan fingerprint density at radius 3 is 2.79 bits per heavy atom. The Hall–Kier alpha value is -2.22. The molecule has 2 aliphatic heterocycles. The number of rotatable bonds is 2. The minimum Gasteiger partial charge on any atom is -0.368 e. The van der Waals surface area contributed by atoms with Gasteiger partial charge in [-0.3, -0.25) is 9.59 Å². The van der Waals surface area contributed by atoms with Crippen molar-refractivity contribution in [3.8, 4) is 0 Å². The highest BCUT2D eigenvalue weighted by molar-refractivity contribution is 5.93. The number of ether oxygens (including phenoxy) is 1. The molecule has 2 amide bonds. The molecule has 0 aromatic carbocycles. The largest absolute Gasteiger partial charge is 0.368 e. The van der Waals surface area contributed by atoms with E-state index in [9.17, 15) is 9.59 Å². The number of carbonyl (C=O) groups excluding carboxylic acids is 2. The van der Waals surface area contributed by atoms with Crippen molar-refractivity contribution in [2.75, 3.05) is 39.0 Å². The first-order chi connectivity index (χ1) is 11.3. The Kier molecular flexibility index (Phi) is 4.16. The average molecular weight is 333 g/mol. The molecule has 130 valence electrons. The Balaban J connectivity index is 1.77. The first-order valence-corrected chi connectivity index (χ1v) is 8.11. The van der Waals surface area contributed by atoms with Gasteiger partial charge >= 0.3 is 0 Å². The van der Waals surface area contributed by atoms with Gasteiger partial charge in [0, 0.05) is 19.3 Å². The number of nitrogen functional groups attached to an aromatic ring is 1. The molecule has 0 aliphatic carbocycles. The molecule has 2 fully saturated rings. The fourth-order valence-corrected chi connectivity index (χ4v) is 3.21. The fraction of sp³-hybridized carbons (Fsp3) is 0.625. The summed E-state index contributed by atoms with van der Waals surface area (Å²) in [6.45, 7) is 5.56. The van der Waals surface area contributed by atoms with E-state index >= 15 is 0 Å². The molecule has 2 N–H and O–H groups in total. The number of likely N-dealkylation sites (N-methyl/N-ethyl adjacent to an activating group) is 1. The highest BCUT2D eigenvalue weighted by Gasteiger charge is 2.45. The van der Waals surface area contributed by atoms with Crippen LogP contribution in [0.5, 0.6) is 0 Å². The zero-order chi connectivity index (χ0) is 17.5. The standard InChI is InChI=1S/C16H23N5O3/c1-10(2)11-6-12(19-15(17)18-11)14(23)21-5-4-16(9-21)8-20(3)13(22)7-24-16/h6,10H,4-5,7-9H2,1-3H3,(H2,17,18,19). The van der Waals surface area contributed by atoms with Gasteiger partial charge in [0.05, 0.1) is 13.1 Å². The highest BCUT2D eigenvalue weighted by Crippen LogP contribution is 2.30. The zero-order valence-corrected chi connectivity index (χ0v) is 14.3. The Morgan fingerprint density at radius 2 is 2.12 bits per heavy atom. The van der Waals surface area contributed by atoms with E-state index in [1.54, 1.807) is 22.9 Å². The first-order valence-electron chi connectivity index (χ1n) is 8.11. The molecule has 1 atom stereocenters. The second-order valence-corrected chi connectivity index (χ2v) is 6.89. The second-order valence-electron chi connectivity index (χ2n) is 6.89. The predicted octanol–water partition coefficient (Wildman–Crippen LogP) is 0.256. The van der Waals surface area contributed by atoms with Gasteiger partial charge in [0.2, 0.25) is 11.9 Å². The van der Waals surface area contributed by atoms with Crippen LogP contribution in [0.4, 0.5) is 5.95 Å². The van der Waals surface area contributed by atoms with Gasteiger partial charge in [0.15, 0.2) is 0 Å². The highest BCUT2D eigenvalue weighted by atomic mass is 16.5. The van der Waals surface area contributed by atoms with E-state index in [1.165, 1.54) is 0 Å². The van der Waals surface area contributed by atoms with Crippen molar-refractivity contribution >= 4 is 17.8 Å². The van der Waals surface area contributed by atoms with E-state index in [1.807, 2.05) is 13.8 Å². The number of carbonyl (C=O) groups is 2. The number of amides is 2. The van der Waals surface area contributed by atoms with E-state index in [2.05, 4.69) is 9.97 Å². The molecule has 0 bridgehead atoms. The number of nitrogens with zero attached hydrogens (tertiary/aromatic N) is 4. The fourth-order valence-electron chi connectivity index (χ4n) is 3.21.